The Bertz CT molecular complexity index is 477. The van der Waals surface area contributed by atoms with Gasteiger partial charge >= 0.3 is 0 Å². The monoisotopic (exact) mass is 289 g/mol. The molecule has 1 aromatic rings. The van der Waals surface area contributed by atoms with Crippen LogP contribution in [0.15, 0.2) is 36.6 Å². The summed E-state index contributed by atoms with van der Waals surface area (Å²) in [6.45, 7) is 2.46. The van der Waals surface area contributed by atoms with Crippen molar-refractivity contribution < 1.29 is 14.2 Å². The summed E-state index contributed by atoms with van der Waals surface area (Å²) in [5.41, 5.74) is 1.24. The molecule has 1 N–H and O–H groups in total. The van der Waals surface area contributed by atoms with Gasteiger partial charge < -0.3 is 19.5 Å². The van der Waals surface area contributed by atoms with Crippen LogP contribution in [-0.2, 0) is 16.0 Å². The number of ether oxygens (including phenoxy) is 3. The highest BCUT2D eigenvalue weighted by Crippen LogP contribution is 2.33. The Balaban J connectivity index is 1.55. The number of hydrogen-bond acceptors (Lipinski definition) is 4. The summed E-state index contributed by atoms with van der Waals surface area (Å²) in [6, 6.07) is 8.55. The van der Waals surface area contributed by atoms with Crippen molar-refractivity contribution in [3.8, 4) is 5.75 Å². The van der Waals surface area contributed by atoms with Gasteiger partial charge in [0.1, 0.15) is 11.4 Å². The van der Waals surface area contributed by atoms with E-state index in [1.165, 1.54) is 5.56 Å². The van der Waals surface area contributed by atoms with Crippen molar-refractivity contribution in [3.63, 3.8) is 0 Å². The first kappa shape index (κ1) is 14.4. The molecule has 2 heterocycles. The molecule has 0 saturated carbocycles. The Hall–Kier alpha value is -1.52. The van der Waals surface area contributed by atoms with E-state index in [4.69, 9.17) is 14.2 Å². The van der Waals surface area contributed by atoms with Crippen molar-refractivity contribution in [2.75, 3.05) is 20.3 Å². The predicted octanol–water partition coefficient (Wildman–Crippen LogP) is 2.64. The van der Waals surface area contributed by atoms with Crippen molar-refractivity contribution in [2.24, 2.45) is 0 Å². The standard InChI is InChI=1S/C17H23NO3/c1-19-16-4-2-14(3-5-16)13-18-15-6-9-21-17(12-15)7-10-20-11-8-17/h2-6,9,15,18H,7-8,10-13H2,1H3. The van der Waals surface area contributed by atoms with Crippen LogP contribution in [0.4, 0.5) is 0 Å². The van der Waals surface area contributed by atoms with Crippen LogP contribution in [-0.4, -0.2) is 32.0 Å². The van der Waals surface area contributed by atoms with Gasteiger partial charge in [0.2, 0.25) is 0 Å². The first-order valence-corrected chi connectivity index (χ1v) is 7.58. The average Bonchev–Trinajstić information content (AvgIpc) is 2.54. The summed E-state index contributed by atoms with van der Waals surface area (Å²) in [5, 5.41) is 3.60. The lowest BCUT2D eigenvalue weighted by molar-refractivity contribution is -0.0854. The molecule has 0 bridgehead atoms. The van der Waals surface area contributed by atoms with Crippen molar-refractivity contribution >= 4 is 0 Å². The van der Waals surface area contributed by atoms with Gasteiger partial charge in [-0.2, -0.15) is 0 Å². The molecule has 4 nitrogen and oxygen atoms in total. The molecule has 1 saturated heterocycles. The zero-order chi connectivity index (χ0) is 14.5. The van der Waals surface area contributed by atoms with E-state index in [0.717, 1.165) is 44.8 Å². The molecule has 114 valence electrons. The highest BCUT2D eigenvalue weighted by atomic mass is 16.5. The van der Waals surface area contributed by atoms with Gasteiger partial charge in [0.25, 0.3) is 0 Å². The highest BCUT2D eigenvalue weighted by Gasteiger charge is 2.37. The summed E-state index contributed by atoms with van der Waals surface area (Å²) < 4.78 is 16.5. The van der Waals surface area contributed by atoms with Crippen LogP contribution in [0, 0.1) is 0 Å². The Labute approximate surface area is 126 Å². The van der Waals surface area contributed by atoms with Crippen LogP contribution in [0.1, 0.15) is 24.8 Å². The quantitative estimate of drug-likeness (QED) is 0.925. The molecule has 0 aliphatic carbocycles. The molecular formula is C17H23NO3. The summed E-state index contributed by atoms with van der Waals surface area (Å²) >= 11 is 0. The third kappa shape index (κ3) is 3.57. The third-order valence-electron chi connectivity index (χ3n) is 4.35. The highest BCUT2D eigenvalue weighted by molar-refractivity contribution is 5.27. The molecule has 1 aromatic carbocycles. The van der Waals surface area contributed by atoms with Crippen LogP contribution in [0.25, 0.3) is 0 Å². The van der Waals surface area contributed by atoms with Gasteiger partial charge in [0, 0.05) is 31.8 Å². The minimum atomic E-state index is -0.0232. The van der Waals surface area contributed by atoms with E-state index >= 15 is 0 Å². The Morgan fingerprint density at radius 3 is 2.71 bits per heavy atom. The molecule has 0 radical (unpaired) electrons. The summed E-state index contributed by atoms with van der Waals surface area (Å²) in [6.07, 6.45) is 6.96. The lowest BCUT2D eigenvalue weighted by atomic mass is 9.85. The fourth-order valence-corrected chi connectivity index (χ4v) is 2.99. The fraction of sp³-hybridized carbons (Fsp3) is 0.529. The van der Waals surface area contributed by atoms with Crippen LogP contribution in [0.2, 0.25) is 0 Å². The number of rotatable bonds is 4. The Morgan fingerprint density at radius 2 is 2.00 bits per heavy atom. The van der Waals surface area contributed by atoms with E-state index in [9.17, 15) is 0 Å². The van der Waals surface area contributed by atoms with Crippen molar-refractivity contribution in [3.05, 3.63) is 42.2 Å². The first-order chi connectivity index (χ1) is 10.3. The first-order valence-electron chi connectivity index (χ1n) is 7.58. The molecule has 1 atom stereocenters. The van der Waals surface area contributed by atoms with E-state index in [-0.39, 0.29) is 5.60 Å². The minimum Gasteiger partial charge on any atom is -0.497 e. The second-order valence-corrected chi connectivity index (χ2v) is 5.78. The zero-order valence-corrected chi connectivity index (χ0v) is 12.5. The maximum absolute atomic E-state index is 5.90. The van der Waals surface area contributed by atoms with Crippen LogP contribution in [0.3, 0.4) is 0 Å². The molecule has 1 fully saturated rings. The van der Waals surface area contributed by atoms with Gasteiger partial charge in [-0.3, -0.25) is 0 Å². The fourth-order valence-electron chi connectivity index (χ4n) is 2.99. The average molecular weight is 289 g/mol. The number of methoxy groups -OCH3 is 1. The van der Waals surface area contributed by atoms with Gasteiger partial charge in [0.05, 0.1) is 26.6 Å². The van der Waals surface area contributed by atoms with E-state index in [2.05, 4.69) is 23.5 Å². The molecule has 0 aromatic heterocycles. The zero-order valence-electron chi connectivity index (χ0n) is 12.5. The summed E-state index contributed by atoms with van der Waals surface area (Å²) in [7, 11) is 1.69. The topological polar surface area (TPSA) is 39.7 Å². The van der Waals surface area contributed by atoms with Crippen molar-refractivity contribution in [1.82, 2.24) is 5.32 Å². The van der Waals surface area contributed by atoms with Gasteiger partial charge in [-0.15, -0.1) is 0 Å². The number of nitrogens with one attached hydrogen (secondary N) is 1. The van der Waals surface area contributed by atoms with Gasteiger partial charge in [-0.25, -0.2) is 0 Å². The molecule has 21 heavy (non-hydrogen) atoms. The van der Waals surface area contributed by atoms with Crippen LogP contribution in [0.5, 0.6) is 5.75 Å². The molecule has 1 unspecified atom stereocenters. The maximum atomic E-state index is 5.90. The molecule has 1 spiro atoms. The second kappa shape index (κ2) is 6.50. The molecule has 3 rings (SSSR count). The smallest absolute Gasteiger partial charge is 0.118 e. The number of hydrogen-bond donors (Lipinski definition) is 1. The Morgan fingerprint density at radius 1 is 1.24 bits per heavy atom. The van der Waals surface area contributed by atoms with E-state index in [0.29, 0.717) is 6.04 Å². The second-order valence-electron chi connectivity index (χ2n) is 5.78. The summed E-state index contributed by atoms with van der Waals surface area (Å²) in [5.74, 6) is 0.894. The third-order valence-corrected chi connectivity index (χ3v) is 4.35. The number of benzene rings is 1. The summed E-state index contributed by atoms with van der Waals surface area (Å²) in [4.78, 5) is 0. The molecule has 4 heteroatoms. The minimum absolute atomic E-state index is 0.0232. The van der Waals surface area contributed by atoms with Crippen LogP contribution < -0.4 is 10.1 Å². The molecular weight excluding hydrogens is 266 g/mol. The van der Waals surface area contributed by atoms with E-state index in [1.807, 2.05) is 18.4 Å². The normalized spacial score (nSPS) is 23.8. The van der Waals surface area contributed by atoms with Crippen LogP contribution >= 0.6 is 0 Å². The van der Waals surface area contributed by atoms with E-state index < -0.39 is 0 Å². The SMILES string of the molecule is COc1ccc(CNC2C=COC3(CCOCC3)C2)cc1. The maximum Gasteiger partial charge on any atom is 0.118 e. The largest absolute Gasteiger partial charge is 0.497 e. The molecule has 2 aliphatic rings. The van der Waals surface area contributed by atoms with E-state index in [1.54, 1.807) is 7.11 Å². The van der Waals surface area contributed by atoms with Gasteiger partial charge in [0.15, 0.2) is 0 Å². The van der Waals surface area contributed by atoms with Crippen molar-refractivity contribution in [2.45, 2.75) is 37.5 Å². The predicted molar refractivity (Wildman–Crippen MR) is 81.2 cm³/mol. The lowest BCUT2D eigenvalue weighted by Crippen LogP contribution is -2.46. The van der Waals surface area contributed by atoms with Gasteiger partial charge in [-0.1, -0.05) is 12.1 Å². The Kier molecular flexibility index (Phi) is 4.46. The molecule has 0 amide bonds. The van der Waals surface area contributed by atoms with Gasteiger partial charge in [-0.05, 0) is 23.8 Å². The van der Waals surface area contributed by atoms with Crippen molar-refractivity contribution in [1.29, 1.82) is 0 Å². The molecule has 2 aliphatic heterocycles. The lowest BCUT2D eigenvalue weighted by Gasteiger charge is -2.41.